The van der Waals surface area contributed by atoms with Crippen LogP contribution in [0.2, 0.25) is 0 Å². The van der Waals surface area contributed by atoms with Crippen LogP contribution < -0.4 is 0 Å². The fraction of sp³-hybridized carbons (Fsp3) is 0.632. The maximum Gasteiger partial charge on any atom is 0.282 e. The average molecular weight is 380 g/mol. The van der Waals surface area contributed by atoms with E-state index in [0.717, 1.165) is 43.5 Å². The summed E-state index contributed by atoms with van der Waals surface area (Å²) < 4.78 is 28.7. The van der Waals surface area contributed by atoms with Gasteiger partial charge in [0.1, 0.15) is 0 Å². The van der Waals surface area contributed by atoms with E-state index >= 15 is 0 Å². The van der Waals surface area contributed by atoms with E-state index in [1.54, 1.807) is 0 Å². The molecule has 0 unspecified atom stereocenters. The first-order valence-corrected chi connectivity index (χ1v) is 10.8. The van der Waals surface area contributed by atoms with Gasteiger partial charge in [0.05, 0.1) is 6.54 Å². The largest absolute Gasteiger partial charge is 0.341 e. The van der Waals surface area contributed by atoms with Crippen LogP contribution in [0.25, 0.3) is 0 Å². The van der Waals surface area contributed by atoms with Gasteiger partial charge in [-0.15, -0.1) is 0 Å². The monoisotopic (exact) mass is 379 g/mol. The third-order valence-electron chi connectivity index (χ3n) is 5.27. The van der Waals surface area contributed by atoms with Crippen LogP contribution in [0.5, 0.6) is 0 Å². The molecule has 0 radical (unpaired) electrons. The lowest BCUT2D eigenvalue weighted by molar-refractivity contribution is -0.133. The van der Waals surface area contributed by atoms with Crippen LogP contribution in [0.4, 0.5) is 0 Å². The molecule has 26 heavy (non-hydrogen) atoms. The van der Waals surface area contributed by atoms with Crippen LogP contribution in [0, 0.1) is 12.8 Å². The summed E-state index contributed by atoms with van der Waals surface area (Å²) in [6.45, 7) is 6.86. The van der Waals surface area contributed by atoms with Gasteiger partial charge in [0, 0.05) is 32.7 Å². The first-order chi connectivity index (χ1) is 12.4. The van der Waals surface area contributed by atoms with Gasteiger partial charge in [0.15, 0.2) is 0 Å². The van der Waals surface area contributed by atoms with E-state index in [1.807, 2.05) is 36.1 Å². The second-order valence-electron chi connectivity index (χ2n) is 7.60. The minimum absolute atomic E-state index is 0.0422. The molecule has 0 aromatic heterocycles. The second kappa shape index (κ2) is 8.06. The van der Waals surface area contributed by atoms with E-state index in [2.05, 4.69) is 6.92 Å². The quantitative estimate of drug-likeness (QED) is 0.804. The standard InChI is InChI=1S/C19H29N3O3S/c1-16-6-8-18(9-7-16)14-21-11-4-12-22(26(21,24)25)15-19(23)20-10-3-5-17(2)13-20/h6-9,17H,3-5,10-15H2,1-2H3/t17-/m1/s1. The Bertz CT molecular complexity index is 733. The molecule has 2 fully saturated rings. The lowest BCUT2D eigenvalue weighted by Crippen LogP contribution is -2.53. The smallest absolute Gasteiger partial charge is 0.282 e. The molecule has 2 aliphatic rings. The molecule has 1 atom stereocenters. The molecule has 0 bridgehead atoms. The Balaban J connectivity index is 1.66. The van der Waals surface area contributed by atoms with Crippen molar-refractivity contribution in [1.82, 2.24) is 13.5 Å². The molecule has 7 heteroatoms. The van der Waals surface area contributed by atoms with E-state index in [4.69, 9.17) is 0 Å². The van der Waals surface area contributed by atoms with Crippen molar-refractivity contribution in [3.8, 4) is 0 Å². The molecule has 1 amide bonds. The Kier molecular flexibility index (Phi) is 5.99. The maximum atomic E-state index is 12.9. The molecule has 0 saturated carbocycles. The molecular weight excluding hydrogens is 350 g/mol. The number of hydrogen-bond donors (Lipinski definition) is 0. The van der Waals surface area contributed by atoms with E-state index in [-0.39, 0.29) is 12.5 Å². The van der Waals surface area contributed by atoms with Crippen molar-refractivity contribution in [1.29, 1.82) is 0 Å². The van der Waals surface area contributed by atoms with Crippen LogP contribution in [0.1, 0.15) is 37.3 Å². The topological polar surface area (TPSA) is 60.9 Å². The number of amides is 1. The maximum absolute atomic E-state index is 12.9. The van der Waals surface area contributed by atoms with Crippen molar-refractivity contribution in [2.24, 2.45) is 5.92 Å². The van der Waals surface area contributed by atoms with Crippen molar-refractivity contribution in [3.63, 3.8) is 0 Å². The summed E-state index contributed by atoms with van der Waals surface area (Å²) in [6, 6.07) is 7.91. The van der Waals surface area contributed by atoms with Crippen molar-refractivity contribution in [2.45, 2.75) is 39.7 Å². The molecule has 1 aromatic rings. The number of benzene rings is 1. The van der Waals surface area contributed by atoms with Crippen molar-refractivity contribution in [3.05, 3.63) is 35.4 Å². The summed E-state index contributed by atoms with van der Waals surface area (Å²) >= 11 is 0. The van der Waals surface area contributed by atoms with E-state index in [0.29, 0.717) is 25.6 Å². The summed E-state index contributed by atoms with van der Waals surface area (Å²) in [4.78, 5) is 14.4. The van der Waals surface area contributed by atoms with Crippen molar-refractivity contribution in [2.75, 3.05) is 32.7 Å². The van der Waals surface area contributed by atoms with Crippen molar-refractivity contribution < 1.29 is 13.2 Å². The molecule has 144 valence electrons. The predicted octanol–water partition coefficient (Wildman–Crippen LogP) is 2.01. The fourth-order valence-corrected chi connectivity index (χ4v) is 5.33. The number of carbonyl (C=O) groups is 1. The highest BCUT2D eigenvalue weighted by atomic mass is 32.2. The first kappa shape index (κ1) is 19.3. The first-order valence-electron chi connectivity index (χ1n) is 9.45. The SMILES string of the molecule is Cc1ccc(CN2CCCN(CC(=O)N3CCC[C@@H](C)C3)S2(=O)=O)cc1. The highest BCUT2D eigenvalue weighted by Gasteiger charge is 2.35. The molecule has 6 nitrogen and oxygen atoms in total. The number of aryl methyl sites for hydroxylation is 1. The summed E-state index contributed by atoms with van der Waals surface area (Å²) in [5.74, 6) is 0.418. The summed E-state index contributed by atoms with van der Waals surface area (Å²) in [7, 11) is -3.60. The Hall–Kier alpha value is -1.44. The van der Waals surface area contributed by atoms with Gasteiger partial charge < -0.3 is 4.90 Å². The van der Waals surface area contributed by atoms with Crippen LogP contribution in [0.3, 0.4) is 0 Å². The van der Waals surface area contributed by atoms with Gasteiger partial charge >= 0.3 is 0 Å². The summed E-state index contributed by atoms with van der Waals surface area (Å²) in [5.41, 5.74) is 2.12. The molecule has 3 rings (SSSR count). The number of piperidine rings is 1. The third kappa shape index (κ3) is 4.45. The minimum Gasteiger partial charge on any atom is -0.341 e. The zero-order valence-electron chi connectivity index (χ0n) is 15.7. The third-order valence-corrected chi connectivity index (χ3v) is 7.20. The molecule has 2 heterocycles. The van der Waals surface area contributed by atoms with Gasteiger partial charge in [-0.05, 0) is 37.7 Å². The second-order valence-corrected chi connectivity index (χ2v) is 9.53. The summed E-state index contributed by atoms with van der Waals surface area (Å²) in [5, 5.41) is 0. The molecule has 0 aliphatic carbocycles. The van der Waals surface area contributed by atoms with Crippen LogP contribution in [-0.4, -0.2) is 60.6 Å². The van der Waals surface area contributed by atoms with Crippen molar-refractivity contribution >= 4 is 16.1 Å². The van der Waals surface area contributed by atoms with Gasteiger partial charge in [0.25, 0.3) is 10.2 Å². The Morgan fingerprint density at radius 2 is 1.77 bits per heavy atom. The lowest BCUT2D eigenvalue weighted by atomic mass is 10.0. The number of rotatable bonds is 4. The van der Waals surface area contributed by atoms with Crippen LogP contribution >= 0.6 is 0 Å². The molecule has 1 aromatic carbocycles. The van der Waals surface area contributed by atoms with Gasteiger partial charge in [-0.3, -0.25) is 4.79 Å². The Labute approximate surface area is 157 Å². The molecule has 2 saturated heterocycles. The highest BCUT2D eigenvalue weighted by Crippen LogP contribution is 2.21. The van der Waals surface area contributed by atoms with Gasteiger partial charge in [-0.2, -0.15) is 17.0 Å². The minimum atomic E-state index is -3.60. The number of carbonyl (C=O) groups excluding carboxylic acids is 1. The lowest BCUT2D eigenvalue weighted by Gasteiger charge is -2.36. The zero-order chi connectivity index (χ0) is 18.7. The number of nitrogens with zero attached hydrogens (tertiary/aromatic N) is 3. The molecule has 2 aliphatic heterocycles. The summed E-state index contributed by atoms with van der Waals surface area (Å²) in [6.07, 6.45) is 2.88. The molecule has 0 N–H and O–H groups in total. The molecule has 0 spiro atoms. The number of hydrogen-bond acceptors (Lipinski definition) is 3. The van der Waals surface area contributed by atoms with E-state index < -0.39 is 10.2 Å². The van der Waals surface area contributed by atoms with Crippen LogP contribution in [0.15, 0.2) is 24.3 Å². The predicted molar refractivity (Wildman–Crippen MR) is 102 cm³/mol. The van der Waals surface area contributed by atoms with Gasteiger partial charge in [-0.1, -0.05) is 36.8 Å². The highest BCUT2D eigenvalue weighted by molar-refractivity contribution is 7.86. The van der Waals surface area contributed by atoms with Gasteiger partial charge in [0.2, 0.25) is 5.91 Å². The normalized spacial score (nSPS) is 24.5. The Morgan fingerprint density at radius 3 is 2.46 bits per heavy atom. The Morgan fingerprint density at radius 1 is 1.08 bits per heavy atom. The van der Waals surface area contributed by atoms with E-state index in [9.17, 15) is 13.2 Å². The number of likely N-dealkylation sites (tertiary alicyclic amines) is 1. The van der Waals surface area contributed by atoms with E-state index in [1.165, 1.54) is 8.61 Å². The zero-order valence-corrected chi connectivity index (χ0v) is 16.5. The fourth-order valence-electron chi connectivity index (χ4n) is 3.70. The molecular formula is C19H29N3O3S. The van der Waals surface area contributed by atoms with Gasteiger partial charge in [-0.25, -0.2) is 0 Å². The van der Waals surface area contributed by atoms with Crippen LogP contribution in [-0.2, 0) is 21.5 Å². The average Bonchev–Trinajstić information content (AvgIpc) is 2.60.